The molecule has 0 atom stereocenters. The van der Waals surface area contributed by atoms with Gasteiger partial charge < -0.3 is 14.6 Å². The van der Waals surface area contributed by atoms with E-state index in [1.54, 1.807) is 43.0 Å². The Morgan fingerprint density at radius 3 is 2.65 bits per heavy atom. The van der Waals surface area contributed by atoms with Gasteiger partial charge in [0.15, 0.2) is 5.03 Å². The molecule has 0 saturated carbocycles. The maximum absolute atomic E-state index is 12.6. The summed E-state index contributed by atoms with van der Waals surface area (Å²) >= 11 is 0. The number of aromatic nitrogens is 2. The van der Waals surface area contributed by atoms with E-state index < -0.39 is 10.0 Å². The summed E-state index contributed by atoms with van der Waals surface area (Å²) in [5, 5.41) is 2.91. The summed E-state index contributed by atoms with van der Waals surface area (Å²) in [5.41, 5.74) is 0.665. The molecule has 0 radical (unpaired) electrons. The minimum absolute atomic E-state index is 0.0410. The van der Waals surface area contributed by atoms with E-state index in [0.717, 1.165) is 0 Å². The van der Waals surface area contributed by atoms with Gasteiger partial charge in [0.25, 0.3) is 10.0 Å². The number of imidazole rings is 1. The molecule has 1 aliphatic rings. The molecule has 0 unspecified atom stereocenters. The van der Waals surface area contributed by atoms with Crippen LogP contribution in [0.3, 0.4) is 0 Å². The Kier molecular flexibility index (Phi) is 5.28. The van der Waals surface area contributed by atoms with Crippen molar-refractivity contribution in [2.45, 2.75) is 17.9 Å². The zero-order valence-corrected chi connectivity index (χ0v) is 15.6. The summed E-state index contributed by atoms with van der Waals surface area (Å²) in [6.45, 7) is 0.601. The largest absolute Gasteiger partial charge is 0.497 e. The molecule has 1 N–H and O–H groups in total. The van der Waals surface area contributed by atoms with E-state index in [0.29, 0.717) is 37.4 Å². The van der Waals surface area contributed by atoms with Gasteiger partial charge in [-0.15, -0.1) is 0 Å². The van der Waals surface area contributed by atoms with E-state index in [9.17, 15) is 13.2 Å². The third-order valence-electron chi connectivity index (χ3n) is 4.45. The number of carbonyl (C=O) groups excluding carboxylic acids is 1. The van der Waals surface area contributed by atoms with Crippen LogP contribution in [0.1, 0.15) is 12.8 Å². The molecule has 26 heavy (non-hydrogen) atoms. The highest BCUT2D eigenvalue weighted by Crippen LogP contribution is 2.25. The lowest BCUT2D eigenvalue weighted by atomic mass is 9.97. The first-order valence-electron chi connectivity index (χ1n) is 8.33. The fourth-order valence-electron chi connectivity index (χ4n) is 2.96. The summed E-state index contributed by atoms with van der Waals surface area (Å²) in [5.74, 6) is 0.337. The Balaban J connectivity index is 1.60. The van der Waals surface area contributed by atoms with Crippen molar-refractivity contribution in [3.05, 3.63) is 36.8 Å². The maximum atomic E-state index is 12.6. The normalized spacial score (nSPS) is 16.4. The average Bonchev–Trinajstić information content (AvgIpc) is 3.09. The fourth-order valence-corrected chi connectivity index (χ4v) is 4.39. The Morgan fingerprint density at radius 2 is 2.04 bits per heavy atom. The van der Waals surface area contributed by atoms with E-state index >= 15 is 0 Å². The van der Waals surface area contributed by atoms with E-state index in [2.05, 4.69) is 10.3 Å². The predicted molar refractivity (Wildman–Crippen MR) is 96.3 cm³/mol. The van der Waals surface area contributed by atoms with Gasteiger partial charge in [-0.2, -0.15) is 4.31 Å². The van der Waals surface area contributed by atoms with Gasteiger partial charge in [0, 0.05) is 44.0 Å². The lowest BCUT2D eigenvalue weighted by molar-refractivity contribution is -0.120. The molecule has 3 rings (SSSR count). The molecule has 140 valence electrons. The van der Waals surface area contributed by atoms with Crippen LogP contribution in [0, 0.1) is 5.92 Å². The van der Waals surface area contributed by atoms with Gasteiger partial charge in [0.2, 0.25) is 5.91 Å². The number of nitrogens with zero attached hydrogens (tertiary/aromatic N) is 3. The van der Waals surface area contributed by atoms with E-state index in [-0.39, 0.29) is 16.9 Å². The van der Waals surface area contributed by atoms with Crippen molar-refractivity contribution in [2.24, 2.45) is 13.0 Å². The molecule has 1 amide bonds. The van der Waals surface area contributed by atoms with Crippen LogP contribution in [-0.2, 0) is 21.9 Å². The van der Waals surface area contributed by atoms with Crippen LogP contribution < -0.4 is 10.1 Å². The first kappa shape index (κ1) is 18.4. The predicted octanol–water partition coefficient (Wildman–Crippen LogP) is 1.47. The zero-order valence-electron chi connectivity index (χ0n) is 14.8. The molecule has 8 nitrogen and oxygen atoms in total. The number of anilines is 1. The molecule has 0 aliphatic carbocycles. The maximum Gasteiger partial charge on any atom is 0.262 e. The molecular weight excluding hydrogens is 356 g/mol. The van der Waals surface area contributed by atoms with Crippen molar-refractivity contribution < 1.29 is 17.9 Å². The van der Waals surface area contributed by atoms with Crippen molar-refractivity contribution >= 4 is 21.6 Å². The second-order valence-electron chi connectivity index (χ2n) is 6.28. The number of amides is 1. The van der Waals surface area contributed by atoms with E-state index in [1.807, 2.05) is 0 Å². The molecule has 9 heteroatoms. The van der Waals surface area contributed by atoms with Crippen molar-refractivity contribution in [2.75, 3.05) is 25.5 Å². The van der Waals surface area contributed by atoms with Crippen LogP contribution in [0.5, 0.6) is 5.75 Å². The summed E-state index contributed by atoms with van der Waals surface area (Å²) in [7, 11) is -0.314. The zero-order chi connectivity index (χ0) is 18.7. The second-order valence-corrected chi connectivity index (χ2v) is 8.16. The molecule has 0 bridgehead atoms. The Hall–Kier alpha value is -2.39. The fraction of sp³-hybridized carbons (Fsp3) is 0.412. The molecule has 1 aromatic carbocycles. The molecule has 2 heterocycles. The molecular formula is C17H22N4O4S. The third-order valence-corrected chi connectivity index (χ3v) is 6.23. The summed E-state index contributed by atoms with van der Waals surface area (Å²) in [6, 6.07) is 7.15. The highest BCUT2D eigenvalue weighted by molar-refractivity contribution is 7.89. The second kappa shape index (κ2) is 7.46. The van der Waals surface area contributed by atoms with Crippen LogP contribution in [0.25, 0.3) is 0 Å². The number of hydrogen-bond acceptors (Lipinski definition) is 5. The minimum Gasteiger partial charge on any atom is -0.497 e. The quantitative estimate of drug-likeness (QED) is 0.850. The van der Waals surface area contributed by atoms with Gasteiger partial charge in [-0.3, -0.25) is 4.79 Å². The number of benzene rings is 1. The molecule has 1 aromatic heterocycles. The topological polar surface area (TPSA) is 93.5 Å². The van der Waals surface area contributed by atoms with Crippen molar-refractivity contribution in [1.29, 1.82) is 0 Å². The van der Waals surface area contributed by atoms with Crippen LogP contribution >= 0.6 is 0 Å². The van der Waals surface area contributed by atoms with Crippen LogP contribution in [0.15, 0.2) is 41.8 Å². The molecule has 2 aromatic rings. The molecule has 1 saturated heterocycles. The SMILES string of the molecule is COc1cccc(NC(=O)C2CCN(S(=O)(=O)c3cn(C)cn3)CC2)c1. The van der Waals surface area contributed by atoms with Gasteiger partial charge >= 0.3 is 0 Å². The third kappa shape index (κ3) is 3.88. The number of hydrogen-bond donors (Lipinski definition) is 1. The summed E-state index contributed by atoms with van der Waals surface area (Å²) < 4.78 is 33.3. The van der Waals surface area contributed by atoms with Gasteiger partial charge in [0.05, 0.1) is 13.4 Å². The lowest BCUT2D eigenvalue weighted by Crippen LogP contribution is -2.41. The number of rotatable bonds is 5. The van der Waals surface area contributed by atoms with Gasteiger partial charge in [-0.05, 0) is 25.0 Å². The van der Waals surface area contributed by atoms with E-state index in [4.69, 9.17) is 4.74 Å². The van der Waals surface area contributed by atoms with Gasteiger partial charge in [-0.25, -0.2) is 13.4 Å². The van der Waals surface area contributed by atoms with Crippen molar-refractivity contribution in [3.8, 4) is 5.75 Å². The summed E-state index contributed by atoms with van der Waals surface area (Å²) in [6.07, 6.45) is 3.89. The van der Waals surface area contributed by atoms with Crippen LogP contribution in [0.4, 0.5) is 5.69 Å². The van der Waals surface area contributed by atoms with Gasteiger partial charge in [-0.1, -0.05) is 6.07 Å². The van der Waals surface area contributed by atoms with Gasteiger partial charge in [0.1, 0.15) is 5.75 Å². The Morgan fingerprint density at radius 1 is 1.31 bits per heavy atom. The molecule has 0 spiro atoms. The number of nitrogens with one attached hydrogen (secondary N) is 1. The number of sulfonamides is 1. The standard InChI is InChI=1S/C17H22N4O4S/c1-20-11-16(18-12-20)26(23,24)21-8-6-13(7-9-21)17(22)19-14-4-3-5-15(10-14)25-2/h3-5,10-13H,6-9H2,1-2H3,(H,19,22). The number of aryl methyl sites for hydroxylation is 1. The molecule has 1 aliphatic heterocycles. The number of carbonyl (C=O) groups is 1. The van der Waals surface area contributed by atoms with E-state index in [1.165, 1.54) is 16.8 Å². The smallest absolute Gasteiger partial charge is 0.262 e. The Bertz CT molecular complexity index is 886. The molecule has 1 fully saturated rings. The summed E-state index contributed by atoms with van der Waals surface area (Å²) in [4.78, 5) is 16.4. The van der Waals surface area contributed by atoms with Crippen LogP contribution in [-0.4, -0.2) is 48.4 Å². The lowest BCUT2D eigenvalue weighted by Gasteiger charge is -2.29. The number of methoxy groups -OCH3 is 1. The number of ether oxygens (including phenoxy) is 1. The highest BCUT2D eigenvalue weighted by atomic mass is 32.2. The number of piperidine rings is 1. The first-order valence-corrected chi connectivity index (χ1v) is 9.77. The van der Waals surface area contributed by atoms with Crippen LogP contribution in [0.2, 0.25) is 0 Å². The highest BCUT2D eigenvalue weighted by Gasteiger charge is 2.33. The van der Waals surface area contributed by atoms with Crippen molar-refractivity contribution in [3.63, 3.8) is 0 Å². The van der Waals surface area contributed by atoms with Crippen molar-refractivity contribution in [1.82, 2.24) is 13.9 Å². The first-order chi connectivity index (χ1) is 12.4. The minimum atomic E-state index is -3.61. The monoisotopic (exact) mass is 378 g/mol. The Labute approximate surface area is 152 Å². The average molecular weight is 378 g/mol.